The van der Waals surface area contributed by atoms with E-state index in [-0.39, 0.29) is 27.6 Å². The molecule has 0 unspecified atom stereocenters. The largest absolute Gasteiger partial charge is 0.507 e. The van der Waals surface area contributed by atoms with Gasteiger partial charge < -0.3 is 5.11 Å². The highest BCUT2D eigenvalue weighted by molar-refractivity contribution is 5.98. The number of aromatic nitrogens is 3. The lowest BCUT2D eigenvalue weighted by molar-refractivity contribution is 0.446. The number of pyridine rings is 1. The van der Waals surface area contributed by atoms with Crippen LogP contribution >= 0.6 is 0 Å². The van der Waals surface area contributed by atoms with Gasteiger partial charge in [0, 0.05) is 40.8 Å². The lowest BCUT2D eigenvalue weighted by Crippen LogP contribution is -2.17. The number of aromatic hydroxyl groups is 1. The first-order valence-corrected chi connectivity index (χ1v) is 24.9. The second-order valence-electron chi connectivity index (χ2n) is 23.6. The van der Waals surface area contributed by atoms with Gasteiger partial charge in [-0.25, -0.2) is 4.98 Å². The summed E-state index contributed by atoms with van der Waals surface area (Å²) in [6.45, 7) is 16.1. The third-order valence-electron chi connectivity index (χ3n) is 13.9. The Morgan fingerprint density at radius 2 is 1.00 bits per heavy atom. The van der Waals surface area contributed by atoms with Crippen LogP contribution in [-0.2, 0) is 27.1 Å². The van der Waals surface area contributed by atoms with Crippen molar-refractivity contribution < 1.29 is 17.4 Å². The number of para-hydroxylation sites is 1. The van der Waals surface area contributed by atoms with Gasteiger partial charge in [-0.15, -0.1) is 0 Å². The fourth-order valence-electron chi connectivity index (χ4n) is 9.55. The van der Waals surface area contributed by atoms with Crippen LogP contribution in [0.5, 0.6) is 5.75 Å². The molecule has 0 atom stereocenters. The van der Waals surface area contributed by atoms with Crippen molar-refractivity contribution in [2.45, 2.75) is 131 Å². The minimum absolute atomic E-state index is 0.0436. The summed E-state index contributed by atoms with van der Waals surface area (Å²) in [6.07, 6.45) is 1.68. The Morgan fingerprint density at radius 1 is 0.417 bits per heavy atom. The second-order valence-corrected chi connectivity index (χ2v) is 23.6. The Hall–Kier alpha value is -7.04. The van der Waals surface area contributed by atoms with Gasteiger partial charge in [0.2, 0.25) is 0 Å². The third kappa shape index (κ3) is 9.94. The number of phenolic OH excluding ortho intramolecular Hbond substituents is 1. The highest BCUT2D eigenvalue weighted by Gasteiger charge is 2.30. The van der Waals surface area contributed by atoms with Crippen molar-refractivity contribution in [3.63, 3.8) is 0 Å². The van der Waals surface area contributed by atoms with Crippen molar-refractivity contribution in [1.82, 2.24) is 14.5 Å². The molecule has 0 radical (unpaired) electrons. The SMILES string of the molecule is [2H]C([2H])([2H])C(c1ccc(-c2ccnc(-c3cc(-c4ccccc4)cc(-c4cccc5c4nc(-c4cc(C(C)(C)C)cc(C(C)(C)C)c4O)n5-c4cc(C(C)(C)C)ccc4-c4ccc(C(C)(C)C)cc4)c3)c2)cc1)(C([2H])([2H])[2H])C([2H])([2H])[2H]. The summed E-state index contributed by atoms with van der Waals surface area (Å²) in [4.78, 5) is 10.6. The monoisotopic (exact) mass is 957 g/mol. The molecule has 0 aliphatic heterocycles. The van der Waals surface area contributed by atoms with Crippen LogP contribution in [0.4, 0.5) is 0 Å². The summed E-state index contributed by atoms with van der Waals surface area (Å²) in [5, 5.41) is 12.8. The van der Waals surface area contributed by atoms with Crippen LogP contribution in [0.2, 0.25) is 0 Å². The Kier molecular flexibility index (Phi) is 10.0. The van der Waals surface area contributed by atoms with Gasteiger partial charge in [-0.1, -0.05) is 213 Å². The number of phenols is 1. The van der Waals surface area contributed by atoms with Crippen LogP contribution in [0, 0.1) is 0 Å². The van der Waals surface area contributed by atoms with Gasteiger partial charge in [-0.2, -0.15) is 0 Å². The van der Waals surface area contributed by atoms with E-state index in [9.17, 15) is 5.11 Å². The normalized spacial score (nSPS) is 15.1. The Bertz CT molecular complexity index is 3770. The first-order chi connectivity index (χ1) is 37.5. The lowest BCUT2D eigenvalue weighted by atomic mass is 9.79. The number of fused-ring (bicyclic) bond motifs is 1. The van der Waals surface area contributed by atoms with E-state index in [4.69, 9.17) is 22.3 Å². The zero-order valence-corrected chi connectivity index (χ0v) is 43.9. The predicted octanol–water partition coefficient (Wildman–Crippen LogP) is 18.6. The van der Waals surface area contributed by atoms with E-state index in [1.165, 1.54) is 17.7 Å². The summed E-state index contributed by atoms with van der Waals surface area (Å²) in [5.41, 5.74) is 11.4. The van der Waals surface area contributed by atoms with Gasteiger partial charge in [-0.05, 0) is 131 Å². The molecule has 4 heteroatoms. The van der Waals surface area contributed by atoms with Crippen molar-refractivity contribution in [1.29, 1.82) is 0 Å². The molecular weight excluding hydrogens is 875 g/mol. The zero-order valence-electron chi connectivity index (χ0n) is 52.9. The molecule has 366 valence electrons. The summed E-state index contributed by atoms with van der Waals surface area (Å²) >= 11 is 0. The number of hydrogen-bond donors (Lipinski definition) is 1. The van der Waals surface area contributed by atoms with Crippen LogP contribution < -0.4 is 0 Å². The maximum absolute atomic E-state index is 12.8. The van der Waals surface area contributed by atoms with E-state index >= 15 is 0 Å². The molecule has 7 aromatic carbocycles. The highest BCUT2D eigenvalue weighted by atomic mass is 16.3. The average molecular weight is 957 g/mol. The van der Waals surface area contributed by atoms with Gasteiger partial charge in [0.05, 0.1) is 28.0 Å². The molecule has 0 bridgehead atoms. The molecule has 4 nitrogen and oxygen atoms in total. The zero-order chi connectivity index (χ0) is 59.2. The van der Waals surface area contributed by atoms with Gasteiger partial charge in [0.15, 0.2) is 0 Å². The number of imidazole rings is 1. The molecular formula is C68H73N3O. The molecule has 72 heavy (non-hydrogen) atoms. The number of hydrogen-bond acceptors (Lipinski definition) is 3. The summed E-state index contributed by atoms with van der Waals surface area (Å²) in [5.74, 6) is 0.774. The van der Waals surface area contributed by atoms with E-state index in [2.05, 4.69) is 191 Å². The lowest BCUT2D eigenvalue weighted by Gasteiger charge is -2.28. The van der Waals surface area contributed by atoms with Crippen LogP contribution in [0.1, 0.15) is 144 Å². The first-order valence-electron chi connectivity index (χ1n) is 29.4. The number of benzene rings is 7. The van der Waals surface area contributed by atoms with Gasteiger partial charge in [0.1, 0.15) is 11.6 Å². The van der Waals surface area contributed by atoms with Crippen molar-refractivity contribution in [2.75, 3.05) is 0 Å². The third-order valence-corrected chi connectivity index (χ3v) is 13.9. The topological polar surface area (TPSA) is 50.9 Å². The van der Waals surface area contributed by atoms with Gasteiger partial charge in [0.25, 0.3) is 0 Å². The fraction of sp³-hybridized carbons (Fsp3) is 0.294. The molecule has 0 aliphatic rings. The Balaban J connectivity index is 1.31. The summed E-state index contributed by atoms with van der Waals surface area (Å²) in [6, 6.07) is 52.0. The van der Waals surface area contributed by atoms with Crippen LogP contribution in [0.15, 0.2) is 164 Å². The predicted molar refractivity (Wildman–Crippen MR) is 307 cm³/mol. The van der Waals surface area contributed by atoms with E-state index in [0.29, 0.717) is 28.2 Å². The smallest absolute Gasteiger partial charge is 0.149 e. The van der Waals surface area contributed by atoms with E-state index in [1.807, 2.05) is 24.3 Å². The molecule has 9 rings (SSSR count). The van der Waals surface area contributed by atoms with Crippen molar-refractivity contribution >= 4 is 11.0 Å². The summed E-state index contributed by atoms with van der Waals surface area (Å²) < 4.78 is 76.6. The second kappa shape index (κ2) is 18.2. The fourth-order valence-corrected chi connectivity index (χ4v) is 9.55. The molecule has 0 fully saturated rings. The van der Waals surface area contributed by atoms with E-state index < -0.39 is 31.4 Å². The van der Waals surface area contributed by atoms with Crippen molar-refractivity contribution in [2.24, 2.45) is 0 Å². The highest BCUT2D eigenvalue weighted by Crippen LogP contribution is 2.47. The molecule has 2 aromatic heterocycles. The summed E-state index contributed by atoms with van der Waals surface area (Å²) in [7, 11) is 0. The van der Waals surface area contributed by atoms with Crippen LogP contribution in [0.3, 0.4) is 0 Å². The minimum Gasteiger partial charge on any atom is -0.507 e. The maximum Gasteiger partial charge on any atom is 0.149 e. The molecule has 0 amide bonds. The Labute approximate surface area is 442 Å². The number of rotatable bonds is 7. The standard InChI is InChI=1S/C68H73N3O/c1-64(2,3)50-28-24-44(25-29-50)46-34-35-69-58(39-46)49-37-47(43-20-17-16-18-21-43)36-48(38-49)55-22-19-23-59-61(55)70-63(56-40-53(67(10,11)12)41-57(62(56)72)68(13,14)15)71(59)60-42-52(66(7,8)9)32-33-54(60)45-26-30-51(31-27-45)65(4,5)6/h16-42,72H,1-15H3/i1D3,2D3,3D3. The molecule has 1 N–H and O–H groups in total. The number of nitrogens with zero attached hydrogens (tertiary/aromatic N) is 3. The average Bonchev–Trinajstić information content (AvgIpc) is 3.89. The molecule has 0 saturated heterocycles. The molecule has 2 heterocycles. The van der Waals surface area contributed by atoms with Crippen LogP contribution in [-0.4, -0.2) is 19.6 Å². The van der Waals surface area contributed by atoms with Crippen LogP contribution in [0.25, 0.3) is 83.9 Å². The van der Waals surface area contributed by atoms with Gasteiger partial charge in [-0.3, -0.25) is 9.55 Å². The maximum atomic E-state index is 12.8. The van der Waals surface area contributed by atoms with Gasteiger partial charge >= 0.3 is 0 Å². The molecule has 0 saturated carbocycles. The molecule has 9 aromatic rings. The molecule has 0 aliphatic carbocycles. The van der Waals surface area contributed by atoms with Crippen molar-refractivity contribution in [3.8, 4) is 78.6 Å². The van der Waals surface area contributed by atoms with Crippen molar-refractivity contribution in [3.05, 3.63) is 192 Å². The Morgan fingerprint density at radius 3 is 1.62 bits per heavy atom. The molecule has 0 spiro atoms. The minimum atomic E-state index is -3.38. The van der Waals surface area contributed by atoms with E-state index in [0.717, 1.165) is 72.4 Å². The van der Waals surface area contributed by atoms with E-state index in [1.54, 1.807) is 24.4 Å². The quantitative estimate of drug-likeness (QED) is 0.173. The first kappa shape index (κ1) is 39.6.